The topological polar surface area (TPSA) is 120 Å². The molecule has 0 spiro atoms. The lowest BCUT2D eigenvalue weighted by Gasteiger charge is -2.08. The lowest BCUT2D eigenvalue weighted by atomic mass is 10.1. The van der Waals surface area contributed by atoms with Gasteiger partial charge in [0, 0.05) is 24.8 Å². The van der Waals surface area contributed by atoms with Gasteiger partial charge in [0.1, 0.15) is 11.6 Å². The number of hydrogen-bond acceptors (Lipinski definition) is 4. The van der Waals surface area contributed by atoms with Crippen molar-refractivity contribution < 1.29 is 4.39 Å². The molecule has 0 aliphatic rings. The molecule has 1 heterocycles. The minimum atomic E-state index is -0.380. The summed E-state index contributed by atoms with van der Waals surface area (Å²) in [6, 6.07) is 4.71. The molecule has 0 atom stereocenters. The van der Waals surface area contributed by atoms with E-state index in [1.807, 2.05) is 0 Å². The van der Waals surface area contributed by atoms with Crippen molar-refractivity contribution in [3.05, 3.63) is 52.0 Å². The van der Waals surface area contributed by atoms with Crippen molar-refractivity contribution in [1.82, 2.24) is 20.6 Å². The Balaban J connectivity index is 1.95. The SMILES string of the molecule is Cc1nc(=O)c(-c2ccc(CNCCCNC(=N)N)c(F)c2)c[nH]1. The zero-order chi connectivity index (χ0) is 17.5. The molecule has 8 heteroatoms. The number of halogens is 1. The molecular weight excluding hydrogens is 311 g/mol. The monoisotopic (exact) mass is 332 g/mol. The summed E-state index contributed by atoms with van der Waals surface area (Å²) in [6.45, 7) is 3.33. The highest BCUT2D eigenvalue weighted by Crippen LogP contribution is 2.18. The van der Waals surface area contributed by atoms with E-state index in [1.54, 1.807) is 25.3 Å². The van der Waals surface area contributed by atoms with Gasteiger partial charge in [-0.15, -0.1) is 0 Å². The Morgan fingerprint density at radius 3 is 2.88 bits per heavy atom. The van der Waals surface area contributed by atoms with Crippen LogP contribution in [0.5, 0.6) is 0 Å². The van der Waals surface area contributed by atoms with Crippen molar-refractivity contribution in [3.8, 4) is 11.1 Å². The van der Waals surface area contributed by atoms with Gasteiger partial charge in [0.15, 0.2) is 5.96 Å². The van der Waals surface area contributed by atoms with Crippen molar-refractivity contribution >= 4 is 5.96 Å². The molecule has 2 aromatic rings. The predicted molar refractivity (Wildman–Crippen MR) is 91.2 cm³/mol. The van der Waals surface area contributed by atoms with E-state index in [9.17, 15) is 9.18 Å². The first kappa shape index (κ1) is 17.6. The molecule has 2 rings (SSSR count). The molecule has 6 N–H and O–H groups in total. The van der Waals surface area contributed by atoms with E-state index >= 15 is 0 Å². The molecule has 1 aromatic carbocycles. The van der Waals surface area contributed by atoms with Crippen LogP contribution in [-0.4, -0.2) is 29.0 Å². The molecule has 0 fully saturated rings. The Labute approximate surface area is 139 Å². The summed E-state index contributed by atoms with van der Waals surface area (Å²) in [5.74, 6) is 0.0864. The number of nitrogens with two attached hydrogens (primary N) is 1. The number of hydrogen-bond donors (Lipinski definition) is 5. The molecular formula is C16H21FN6O. The Kier molecular flexibility index (Phi) is 6.02. The van der Waals surface area contributed by atoms with E-state index in [2.05, 4.69) is 20.6 Å². The molecule has 0 saturated heterocycles. The fourth-order valence-electron chi connectivity index (χ4n) is 2.21. The van der Waals surface area contributed by atoms with E-state index in [4.69, 9.17) is 11.1 Å². The van der Waals surface area contributed by atoms with Crippen molar-refractivity contribution in [2.45, 2.75) is 19.9 Å². The average Bonchev–Trinajstić information content (AvgIpc) is 2.51. The van der Waals surface area contributed by atoms with E-state index < -0.39 is 0 Å². The van der Waals surface area contributed by atoms with E-state index in [-0.39, 0.29) is 17.3 Å². The first-order valence-electron chi connectivity index (χ1n) is 7.61. The first-order valence-corrected chi connectivity index (χ1v) is 7.61. The van der Waals surface area contributed by atoms with Crippen molar-refractivity contribution in [1.29, 1.82) is 5.41 Å². The van der Waals surface area contributed by atoms with Gasteiger partial charge < -0.3 is 21.4 Å². The molecule has 0 bridgehead atoms. The third-order valence-electron chi connectivity index (χ3n) is 3.45. The summed E-state index contributed by atoms with van der Waals surface area (Å²) in [5, 5.41) is 12.8. The van der Waals surface area contributed by atoms with Crippen LogP contribution in [0.4, 0.5) is 4.39 Å². The molecule has 0 radical (unpaired) electrons. The number of aryl methyl sites for hydroxylation is 1. The second kappa shape index (κ2) is 8.21. The van der Waals surface area contributed by atoms with Gasteiger partial charge in [-0.3, -0.25) is 10.2 Å². The van der Waals surface area contributed by atoms with Gasteiger partial charge in [-0.25, -0.2) is 4.39 Å². The normalized spacial score (nSPS) is 10.6. The van der Waals surface area contributed by atoms with Crippen LogP contribution >= 0.6 is 0 Å². The highest BCUT2D eigenvalue weighted by molar-refractivity contribution is 5.74. The van der Waals surface area contributed by atoms with Crippen LogP contribution in [0.15, 0.2) is 29.2 Å². The first-order chi connectivity index (χ1) is 11.5. The van der Waals surface area contributed by atoms with Crippen molar-refractivity contribution in [2.75, 3.05) is 13.1 Å². The maximum atomic E-state index is 14.2. The predicted octanol–water partition coefficient (Wildman–Crippen LogP) is 0.847. The molecule has 1 aromatic heterocycles. The number of nitrogens with one attached hydrogen (secondary N) is 4. The Morgan fingerprint density at radius 2 is 2.21 bits per heavy atom. The second-order valence-corrected chi connectivity index (χ2v) is 5.38. The maximum absolute atomic E-state index is 14.2. The number of aromatic amines is 1. The lowest BCUT2D eigenvalue weighted by Crippen LogP contribution is -2.32. The Morgan fingerprint density at radius 1 is 1.42 bits per heavy atom. The Hall–Kier alpha value is -2.74. The molecule has 7 nitrogen and oxygen atoms in total. The average molecular weight is 332 g/mol. The maximum Gasteiger partial charge on any atom is 0.280 e. The summed E-state index contributed by atoms with van der Waals surface area (Å²) in [5.41, 5.74) is 6.15. The zero-order valence-electron chi connectivity index (χ0n) is 13.4. The van der Waals surface area contributed by atoms with Crippen LogP contribution < -0.4 is 21.9 Å². The summed E-state index contributed by atoms with van der Waals surface area (Å²) < 4.78 is 14.2. The molecule has 128 valence electrons. The van der Waals surface area contributed by atoms with Crippen LogP contribution in [0.3, 0.4) is 0 Å². The van der Waals surface area contributed by atoms with Gasteiger partial charge in [-0.1, -0.05) is 12.1 Å². The zero-order valence-corrected chi connectivity index (χ0v) is 13.4. The molecule has 0 aliphatic heterocycles. The largest absolute Gasteiger partial charge is 0.370 e. The highest BCUT2D eigenvalue weighted by atomic mass is 19.1. The molecule has 24 heavy (non-hydrogen) atoms. The van der Waals surface area contributed by atoms with Crippen molar-refractivity contribution in [3.63, 3.8) is 0 Å². The van der Waals surface area contributed by atoms with Crippen LogP contribution in [0.1, 0.15) is 17.8 Å². The van der Waals surface area contributed by atoms with E-state index in [0.717, 1.165) is 6.42 Å². The van der Waals surface area contributed by atoms with E-state index in [0.29, 0.717) is 42.1 Å². The van der Waals surface area contributed by atoms with Crippen molar-refractivity contribution in [2.24, 2.45) is 5.73 Å². The van der Waals surface area contributed by atoms with E-state index in [1.165, 1.54) is 6.07 Å². The Bertz CT molecular complexity index is 773. The smallest absolute Gasteiger partial charge is 0.280 e. The van der Waals surface area contributed by atoms with Gasteiger partial charge in [-0.2, -0.15) is 4.98 Å². The second-order valence-electron chi connectivity index (χ2n) is 5.38. The standard InChI is InChI=1S/C16H21FN6O/c1-10-22-9-13(15(24)23-10)11-3-4-12(14(17)7-11)8-20-5-2-6-21-16(18)19/h3-4,7,9,20H,2,5-6,8H2,1H3,(H4,18,19,21)(H,22,23,24). The van der Waals surface area contributed by atoms with Gasteiger partial charge in [0.05, 0.1) is 5.56 Å². The number of aromatic nitrogens is 2. The fourth-order valence-corrected chi connectivity index (χ4v) is 2.21. The third-order valence-corrected chi connectivity index (χ3v) is 3.45. The molecule has 0 saturated carbocycles. The van der Waals surface area contributed by atoms with Crippen LogP contribution in [-0.2, 0) is 6.54 Å². The van der Waals surface area contributed by atoms with Crippen LogP contribution in [0.2, 0.25) is 0 Å². The minimum Gasteiger partial charge on any atom is -0.370 e. The van der Waals surface area contributed by atoms with Gasteiger partial charge in [0.25, 0.3) is 5.56 Å². The number of benzene rings is 1. The molecule has 0 unspecified atom stereocenters. The lowest BCUT2D eigenvalue weighted by molar-refractivity contribution is 0.580. The molecule has 0 aliphatic carbocycles. The van der Waals surface area contributed by atoms with Gasteiger partial charge >= 0.3 is 0 Å². The van der Waals surface area contributed by atoms with Gasteiger partial charge in [0.2, 0.25) is 0 Å². The number of nitrogens with zero attached hydrogens (tertiary/aromatic N) is 1. The quantitative estimate of drug-likeness (QED) is 0.292. The number of H-pyrrole nitrogens is 1. The minimum absolute atomic E-state index is 0.0581. The summed E-state index contributed by atoms with van der Waals surface area (Å²) in [4.78, 5) is 18.5. The number of rotatable bonds is 7. The third kappa shape index (κ3) is 4.88. The van der Waals surface area contributed by atoms with Gasteiger partial charge in [-0.05, 0) is 31.5 Å². The molecule has 0 amide bonds. The van der Waals surface area contributed by atoms with Crippen LogP contribution in [0.25, 0.3) is 11.1 Å². The van der Waals surface area contributed by atoms with Crippen LogP contribution in [0, 0.1) is 18.2 Å². The highest BCUT2D eigenvalue weighted by Gasteiger charge is 2.08. The summed E-state index contributed by atoms with van der Waals surface area (Å²) in [6.07, 6.45) is 2.31. The fraction of sp³-hybridized carbons (Fsp3) is 0.312. The summed E-state index contributed by atoms with van der Waals surface area (Å²) in [7, 11) is 0. The summed E-state index contributed by atoms with van der Waals surface area (Å²) >= 11 is 0. The number of guanidine groups is 1.